The molecular formula is C16H23NO4S. The number of rotatable bonds is 4. The molecule has 2 N–H and O–H groups in total. The van der Waals surface area contributed by atoms with Crippen LogP contribution in [-0.4, -0.2) is 40.0 Å². The van der Waals surface area contributed by atoms with Crippen LogP contribution in [0.5, 0.6) is 0 Å². The summed E-state index contributed by atoms with van der Waals surface area (Å²) in [7, 11) is 0. The summed E-state index contributed by atoms with van der Waals surface area (Å²) >= 11 is 4.23. The van der Waals surface area contributed by atoms with Gasteiger partial charge in [-0.25, -0.2) is 4.79 Å². The van der Waals surface area contributed by atoms with Crippen LogP contribution in [0.4, 0.5) is 0 Å². The molecule has 5 atom stereocenters. The van der Waals surface area contributed by atoms with Gasteiger partial charge in [0.25, 0.3) is 0 Å². The van der Waals surface area contributed by atoms with E-state index in [1.165, 1.54) is 0 Å². The molecule has 2 aliphatic heterocycles. The summed E-state index contributed by atoms with van der Waals surface area (Å²) in [6, 6.07) is 0. The fraction of sp³-hybridized carbons (Fsp3) is 0.750. The summed E-state index contributed by atoms with van der Waals surface area (Å²) in [6.07, 6.45) is 6.27. The first-order chi connectivity index (χ1) is 10.3. The summed E-state index contributed by atoms with van der Waals surface area (Å²) in [6.45, 7) is 3.54. The molecule has 0 unspecified atom stereocenters. The largest absolute Gasteiger partial charge is 0.453 e. The molecular weight excluding hydrogens is 302 g/mol. The van der Waals surface area contributed by atoms with Crippen LogP contribution in [0, 0.1) is 11.3 Å². The zero-order valence-electron chi connectivity index (χ0n) is 13.0. The van der Waals surface area contributed by atoms with Crippen LogP contribution in [0.1, 0.15) is 39.5 Å². The van der Waals surface area contributed by atoms with Crippen molar-refractivity contribution in [2.75, 3.05) is 5.75 Å². The van der Waals surface area contributed by atoms with Crippen LogP contribution < -0.4 is 5.32 Å². The molecule has 1 aliphatic carbocycles. The second-order valence-electron chi connectivity index (χ2n) is 6.96. The standard InChI is InChI=1S/C16H23NO4S/c1-14(8-9-22)12(19)17-16(13(20)21-15(14,16)2)11(18)10-6-4-3-5-7-10/h4,6,10-11,18,22H,3,5,7-9H2,1-2H3,(H,17,19)/t10-,11+,14+,15+,16+/m1/s1. The molecule has 2 fully saturated rings. The van der Waals surface area contributed by atoms with Crippen LogP contribution in [0.25, 0.3) is 0 Å². The smallest absolute Gasteiger partial charge is 0.339 e. The third-order valence-electron chi connectivity index (χ3n) is 5.99. The van der Waals surface area contributed by atoms with Crippen LogP contribution >= 0.6 is 12.6 Å². The Labute approximate surface area is 135 Å². The number of allylic oxidation sites excluding steroid dienone is 1. The first-order valence-corrected chi connectivity index (χ1v) is 8.48. The Kier molecular flexibility index (Phi) is 3.60. The minimum atomic E-state index is -1.34. The molecule has 0 spiro atoms. The van der Waals surface area contributed by atoms with E-state index in [-0.39, 0.29) is 11.8 Å². The molecule has 3 rings (SSSR count). The molecule has 2 saturated heterocycles. The molecule has 1 amide bonds. The Balaban J connectivity index is 2.01. The molecule has 6 heteroatoms. The van der Waals surface area contributed by atoms with E-state index in [0.29, 0.717) is 12.2 Å². The average molecular weight is 325 g/mol. The lowest BCUT2D eigenvalue weighted by Gasteiger charge is -2.57. The van der Waals surface area contributed by atoms with E-state index < -0.39 is 28.6 Å². The third-order valence-corrected chi connectivity index (χ3v) is 6.21. The summed E-state index contributed by atoms with van der Waals surface area (Å²) in [5.41, 5.74) is -3.25. The number of fused-ring (bicyclic) bond motifs is 1. The summed E-state index contributed by atoms with van der Waals surface area (Å²) in [4.78, 5) is 24.9. The van der Waals surface area contributed by atoms with Crippen molar-refractivity contribution in [2.45, 2.75) is 56.8 Å². The summed E-state index contributed by atoms with van der Waals surface area (Å²) in [5.74, 6) is -0.405. The zero-order valence-corrected chi connectivity index (χ0v) is 13.9. The predicted octanol–water partition coefficient (Wildman–Crippen LogP) is 1.21. The normalized spacial score (nSPS) is 44.8. The molecule has 0 aromatic rings. The van der Waals surface area contributed by atoms with Crippen molar-refractivity contribution in [3.05, 3.63) is 12.2 Å². The van der Waals surface area contributed by atoms with Crippen LogP contribution in [0.2, 0.25) is 0 Å². The van der Waals surface area contributed by atoms with E-state index in [0.717, 1.165) is 19.3 Å². The van der Waals surface area contributed by atoms with Crippen molar-refractivity contribution in [1.82, 2.24) is 5.32 Å². The number of thiol groups is 1. The van der Waals surface area contributed by atoms with Gasteiger partial charge in [0.15, 0.2) is 5.60 Å². The molecule has 0 saturated carbocycles. The summed E-state index contributed by atoms with van der Waals surface area (Å²) < 4.78 is 5.46. The van der Waals surface area contributed by atoms with E-state index in [2.05, 4.69) is 17.9 Å². The van der Waals surface area contributed by atoms with Gasteiger partial charge >= 0.3 is 5.97 Å². The lowest BCUT2D eigenvalue weighted by atomic mass is 9.59. The van der Waals surface area contributed by atoms with Crippen molar-refractivity contribution in [3.8, 4) is 0 Å². The maximum Gasteiger partial charge on any atom is 0.339 e. The topological polar surface area (TPSA) is 75.6 Å². The first-order valence-electron chi connectivity index (χ1n) is 7.85. The van der Waals surface area contributed by atoms with Crippen LogP contribution in [-0.2, 0) is 14.3 Å². The monoisotopic (exact) mass is 325 g/mol. The van der Waals surface area contributed by atoms with Gasteiger partial charge in [0.05, 0.1) is 11.5 Å². The molecule has 122 valence electrons. The number of amides is 1. The number of carbonyl (C=O) groups is 2. The van der Waals surface area contributed by atoms with Gasteiger partial charge in [-0.3, -0.25) is 4.79 Å². The van der Waals surface area contributed by atoms with Crippen molar-refractivity contribution < 1.29 is 19.4 Å². The van der Waals surface area contributed by atoms with E-state index in [4.69, 9.17) is 4.74 Å². The number of aliphatic hydroxyl groups is 1. The van der Waals surface area contributed by atoms with Gasteiger partial charge in [-0.05, 0) is 45.3 Å². The number of nitrogens with one attached hydrogen (secondary N) is 1. The van der Waals surface area contributed by atoms with Crippen LogP contribution in [0.3, 0.4) is 0 Å². The van der Waals surface area contributed by atoms with Crippen molar-refractivity contribution >= 4 is 24.5 Å². The average Bonchev–Trinajstić information content (AvgIpc) is 2.64. The van der Waals surface area contributed by atoms with Gasteiger partial charge in [-0.1, -0.05) is 12.2 Å². The number of hydrogen-bond acceptors (Lipinski definition) is 5. The highest BCUT2D eigenvalue weighted by molar-refractivity contribution is 7.80. The number of esters is 1. The van der Waals surface area contributed by atoms with E-state index >= 15 is 0 Å². The second-order valence-corrected chi connectivity index (χ2v) is 7.41. The molecule has 0 aromatic heterocycles. The molecule has 22 heavy (non-hydrogen) atoms. The number of hydrogen-bond donors (Lipinski definition) is 3. The van der Waals surface area contributed by atoms with E-state index in [9.17, 15) is 14.7 Å². The highest BCUT2D eigenvalue weighted by Gasteiger charge is 2.83. The molecule has 3 aliphatic rings. The van der Waals surface area contributed by atoms with E-state index in [1.54, 1.807) is 13.8 Å². The third kappa shape index (κ3) is 1.65. The SMILES string of the molecule is C[C@@]12OC(=O)[C@]1([C@@H](O)[C@@H]1C=CCCC1)NC(=O)[C@]2(C)CCS. The van der Waals surface area contributed by atoms with Gasteiger partial charge < -0.3 is 15.2 Å². The van der Waals surface area contributed by atoms with E-state index in [1.807, 2.05) is 12.2 Å². The van der Waals surface area contributed by atoms with Gasteiger partial charge in [0.1, 0.15) is 0 Å². The fourth-order valence-corrected chi connectivity index (χ4v) is 4.67. The molecule has 0 bridgehead atoms. The Morgan fingerprint density at radius 3 is 2.77 bits per heavy atom. The zero-order chi connectivity index (χ0) is 16.2. The minimum absolute atomic E-state index is 0.139. The fourth-order valence-electron chi connectivity index (χ4n) is 4.22. The highest BCUT2D eigenvalue weighted by Crippen LogP contribution is 2.59. The van der Waals surface area contributed by atoms with Crippen molar-refractivity contribution in [3.63, 3.8) is 0 Å². The van der Waals surface area contributed by atoms with Crippen molar-refractivity contribution in [2.24, 2.45) is 11.3 Å². The molecule has 0 aromatic carbocycles. The summed E-state index contributed by atoms with van der Waals surface area (Å²) in [5, 5.41) is 13.7. The van der Waals surface area contributed by atoms with Gasteiger partial charge in [0.2, 0.25) is 11.4 Å². The van der Waals surface area contributed by atoms with Crippen molar-refractivity contribution in [1.29, 1.82) is 0 Å². The minimum Gasteiger partial charge on any atom is -0.453 e. The number of ether oxygens (including phenoxy) is 1. The maximum atomic E-state index is 12.6. The maximum absolute atomic E-state index is 12.6. The molecule has 5 nitrogen and oxygen atoms in total. The Morgan fingerprint density at radius 1 is 1.50 bits per heavy atom. The second kappa shape index (κ2) is 4.99. The lowest BCUT2D eigenvalue weighted by Crippen LogP contribution is -2.81. The predicted molar refractivity (Wildman–Crippen MR) is 84.4 cm³/mol. The Bertz CT molecular complexity index is 550. The molecule has 0 radical (unpaired) electrons. The number of aliphatic hydroxyl groups excluding tert-OH is 1. The molecule has 2 heterocycles. The highest BCUT2D eigenvalue weighted by atomic mass is 32.1. The Morgan fingerprint density at radius 2 is 2.23 bits per heavy atom. The Hall–Kier alpha value is -1.01. The van der Waals surface area contributed by atoms with Gasteiger partial charge in [-0.2, -0.15) is 12.6 Å². The first kappa shape index (κ1) is 15.9. The number of carbonyl (C=O) groups excluding carboxylic acids is 2. The lowest BCUT2D eigenvalue weighted by molar-refractivity contribution is -0.249. The van der Waals surface area contributed by atoms with Gasteiger partial charge in [-0.15, -0.1) is 0 Å². The van der Waals surface area contributed by atoms with Crippen LogP contribution in [0.15, 0.2) is 12.2 Å². The van der Waals surface area contributed by atoms with Gasteiger partial charge in [0, 0.05) is 5.92 Å². The quantitative estimate of drug-likeness (QED) is 0.413.